The number of thioether (sulfide) groups is 1. The Hall–Kier alpha value is -0.740. The van der Waals surface area contributed by atoms with Crippen molar-refractivity contribution in [3.63, 3.8) is 0 Å². The largest absolute Gasteiger partial charge is 0.389 e. The van der Waals surface area contributed by atoms with Crippen molar-refractivity contribution in [2.45, 2.75) is 44.6 Å². The van der Waals surface area contributed by atoms with Crippen molar-refractivity contribution in [1.29, 1.82) is 0 Å². The second kappa shape index (κ2) is 6.81. The molecule has 1 aromatic rings. The first-order valence-electron chi connectivity index (χ1n) is 7.38. The number of nitrogens with zero attached hydrogens (tertiary/aromatic N) is 1. The Bertz CT molecular complexity index is 485. The van der Waals surface area contributed by atoms with Gasteiger partial charge in [-0.3, -0.25) is 0 Å². The molecule has 1 aliphatic heterocycles. The van der Waals surface area contributed by atoms with Gasteiger partial charge in [0, 0.05) is 28.7 Å². The van der Waals surface area contributed by atoms with Gasteiger partial charge < -0.3 is 10.6 Å². The molecule has 0 spiro atoms. The summed E-state index contributed by atoms with van der Waals surface area (Å²) in [6.07, 6.45) is 2.52. The molecule has 20 heavy (non-hydrogen) atoms. The van der Waals surface area contributed by atoms with Crippen LogP contribution in [0.15, 0.2) is 23.1 Å². The zero-order valence-electron chi connectivity index (χ0n) is 12.6. The summed E-state index contributed by atoms with van der Waals surface area (Å²) in [7, 11) is 0. The average molecular weight is 309 g/mol. The maximum atomic E-state index is 6.03. The zero-order chi connectivity index (χ0) is 14.7. The van der Waals surface area contributed by atoms with E-state index in [0.717, 1.165) is 17.9 Å². The Labute approximate surface area is 132 Å². The number of benzene rings is 1. The molecule has 2 nitrogen and oxygen atoms in total. The Kier molecular flexibility index (Phi) is 5.33. The fourth-order valence-corrected chi connectivity index (χ4v) is 4.19. The third-order valence-electron chi connectivity index (χ3n) is 3.93. The highest BCUT2D eigenvalue weighted by molar-refractivity contribution is 7.99. The molecule has 2 N–H and O–H groups in total. The second-order valence-corrected chi connectivity index (χ2v) is 7.34. The van der Waals surface area contributed by atoms with E-state index >= 15 is 0 Å². The monoisotopic (exact) mass is 308 g/mol. The van der Waals surface area contributed by atoms with Crippen LogP contribution in [-0.2, 0) is 0 Å². The predicted octanol–water partition coefficient (Wildman–Crippen LogP) is 4.06. The van der Waals surface area contributed by atoms with Gasteiger partial charge in [-0.05, 0) is 36.6 Å². The van der Waals surface area contributed by atoms with E-state index in [4.69, 9.17) is 18.0 Å². The molecule has 0 amide bonds. The molecule has 1 aliphatic rings. The first-order chi connectivity index (χ1) is 9.56. The second-order valence-electron chi connectivity index (χ2n) is 5.59. The predicted molar refractivity (Wildman–Crippen MR) is 93.9 cm³/mol. The van der Waals surface area contributed by atoms with Crippen LogP contribution in [0.1, 0.15) is 39.2 Å². The maximum absolute atomic E-state index is 6.03. The molecule has 4 heteroatoms. The van der Waals surface area contributed by atoms with Crippen molar-refractivity contribution in [3.8, 4) is 0 Å². The molecular formula is C16H24N2S2. The molecule has 1 aromatic carbocycles. The molecule has 0 radical (unpaired) electrons. The SMILES string of the molecule is CCSc1cccc(N2CCCC2C(C)C)c1C(N)=S. The van der Waals surface area contributed by atoms with Crippen LogP contribution >= 0.6 is 24.0 Å². The first-order valence-corrected chi connectivity index (χ1v) is 8.77. The summed E-state index contributed by atoms with van der Waals surface area (Å²) >= 11 is 7.15. The van der Waals surface area contributed by atoms with Crippen molar-refractivity contribution >= 4 is 34.7 Å². The average Bonchev–Trinajstić information content (AvgIpc) is 2.87. The molecule has 1 atom stereocenters. The summed E-state index contributed by atoms with van der Waals surface area (Å²) in [6, 6.07) is 7.04. The van der Waals surface area contributed by atoms with Gasteiger partial charge >= 0.3 is 0 Å². The van der Waals surface area contributed by atoms with Gasteiger partial charge in [-0.15, -0.1) is 11.8 Å². The smallest absolute Gasteiger partial charge is 0.107 e. The minimum absolute atomic E-state index is 0.519. The Balaban J connectivity index is 2.45. The van der Waals surface area contributed by atoms with Crippen LogP contribution in [0.3, 0.4) is 0 Å². The van der Waals surface area contributed by atoms with Crippen LogP contribution in [0.4, 0.5) is 5.69 Å². The van der Waals surface area contributed by atoms with Crippen LogP contribution in [0.2, 0.25) is 0 Å². The van der Waals surface area contributed by atoms with Gasteiger partial charge in [-0.2, -0.15) is 0 Å². The zero-order valence-corrected chi connectivity index (χ0v) is 14.2. The summed E-state index contributed by atoms with van der Waals surface area (Å²) in [5.74, 6) is 1.69. The fourth-order valence-electron chi connectivity index (χ4n) is 3.07. The lowest BCUT2D eigenvalue weighted by Gasteiger charge is -2.32. The van der Waals surface area contributed by atoms with Gasteiger partial charge in [0.25, 0.3) is 0 Å². The normalized spacial score (nSPS) is 18.8. The van der Waals surface area contributed by atoms with Crippen LogP contribution in [0, 0.1) is 5.92 Å². The summed E-state index contributed by atoms with van der Waals surface area (Å²) in [5, 5.41) is 0. The van der Waals surface area contributed by atoms with Crippen LogP contribution in [0.5, 0.6) is 0 Å². The molecule has 1 fully saturated rings. The Morgan fingerprint density at radius 1 is 1.50 bits per heavy atom. The van der Waals surface area contributed by atoms with Crippen molar-refractivity contribution in [2.75, 3.05) is 17.2 Å². The topological polar surface area (TPSA) is 29.3 Å². The molecule has 0 aromatic heterocycles. The first kappa shape index (κ1) is 15.6. The van der Waals surface area contributed by atoms with Crippen LogP contribution in [-0.4, -0.2) is 23.3 Å². The lowest BCUT2D eigenvalue weighted by Crippen LogP contribution is -2.35. The van der Waals surface area contributed by atoms with Crippen molar-refractivity contribution in [2.24, 2.45) is 11.7 Å². The van der Waals surface area contributed by atoms with Crippen molar-refractivity contribution < 1.29 is 0 Å². The molecular weight excluding hydrogens is 284 g/mol. The van der Waals surface area contributed by atoms with E-state index in [1.54, 1.807) is 0 Å². The molecule has 1 unspecified atom stereocenters. The minimum atomic E-state index is 0.519. The molecule has 0 aliphatic carbocycles. The van der Waals surface area contributed by atoms with Crippen LogP contribution in [0.25, 0.3) is 0 Å². The number of hydrogen-bond donors (Lipinski definition) is 1. The number of rotatable bonds is 5. The highest BCUT2D eigenvalue weighted by atomic mass is 32.2. The summed E-state index contributed by atoms with van der Waals surface area (Å²) < 4.78 is 0. The molecule has 1 heterocycles. The molecule has 0 saturated carbocycles. The molecule has 0 bridgehead atoms. The third kappa shape index (κ3) is 3.12. The number of anilines is 1. The third-order valence-corrected chi connectivity index (χ3v) is 5.07. The van der Waals surface area contributed by atoms with Crippen LogP contribution < -0.4 is 10.6 Å². The van der Waals surface area contributed by atoms with E-state index < -0.39 is 0 Å². The summed E-state index contributed by atoms with van der Waals surface area (Å²) in [5.41, 5.74) is 8.33. The highest BCUT2D eigenvalue weighted by Gasteiger charge is 2.29. The van der Waals surface area contributed by atoms with E-state index in [1.165, 1.54) is 23.4 Å². The van der Waals surface area contributed by atoms with Gasteiger partial charge in [0.1, 0.15) is 4.99 Å². The van der Waals surface area contributed by atoms with E-state index in [-0.39, 0.29) is 0 Å². The number of hydrogen-bond acceptors (Lipinski definition) is 3. The van der Waals surface area contributed by atoms with Gasteiger partial charge in [0.2, 0.25) is 0 Å². The minimum Gasteiger partial charge on any atom is -0.389 e. The maximum Gasteiger partial charge on any atom is 0.107 e. The van der Waals surface area contributed by atoms with Gasteiger partial charge in [0.05, 0.1) is 0 Å². The van der Waals surface area contributed by atoms with Crippen molar-refractivity contribution in [1.82, 2.24) is 0 Å². The van der Waals surface area contributed by atoms with E-state index in [0.29, 0.717) is 16.9 Å². The molecule has 110 valence electrons. The quantitative estimate of drug-likeness (QED) is 0.656. The lowest BCUT2D eigenvalue weighted by molar-refractivity contribution is 0.491. The van der Waals surface area contributed by atoms with Gasteiger partial charge in [-0.1, -0.05) is 39.1 Å². The Morgan fingerprint density at radius 2 is 2.25 bits per heavy atom. The van der Waals surface area contributed by atoms with E-state index in [9.17, 15) is 0 Å². The molecule has 1 saturated heterocycles. The molecule has 2 rings (SSSR count). The van der Waals surface area contributed by atoms with E-state index in [1.807, 2.05) is 11.8 Å². The Morgan fingerprint density at radius 3 is 2.85 bits per heavy atom. The highest BCUT2D eigenvalue weighted by Crippen LogP contribution is 2.36. The van der Waals surface area contributed by atoms with Gasteiger partial charge in [0.15, 0.2) is 0 Å². The summed E-state index contributed by atoms with van der Waals surface area (Å²) in [6.45, 7) is 7.87. The van der Waals surface area contributed by atoms with Crippen molar-refractivity contribution in [3.05, 3.63) is 23.8 Å². The fraction of sp³-hybridized carbons (Fsp3) is 0.562. The standard InChI is InChI=1S/C16H24N2S2/c1-4-20-14-9-5-7-13(15(14)16(17)19)18-10-6-8-12(18)11(2)3/h5,7,9,11-12H,4,6,8,10H2,1-3H3,(H2,17,19). The lowest BCUT2D eigenvalue weighted by atomic mass is 10.0. The van der Waals surface area contributed by atoms with Gasteiger partial charge in [-0.25, -0.2) is 0 Å². The number of nitrogens with two attached hydrogens (primary N) is 1. The summed E-state index contributed by atoms with van der Waals surface area (Å²) in [4.78, 5) is 4.25. The van der Waals surface area contributed by atoms with E-state index in [2.05, 4.69) is 43.9 Å². The number of thiocarbonyl (C=S) groups is 1.